The van der Waals surface area contributed by atoms with Gasteiger partial charge in [0.25, 0.3) is 0 Å². The van der Waals surface area contributed by atoms with Crippen LogP contribution < -0.4 is 4.74 Å². The minimum atomic E-state index is -0.730. The molecule has 0 amide bonds. The first kappa shape index (κ1) is 17.7. The van der Waals surface area contributed by atoms with Gasteiger partial charge in [-0.15, -0.1) is 0 Å². The minimum absolute atomic E-state index is 0.288. The number of ether oxygens (including phenoxy) is 1. The van der Waals surface area contributed by atoms with Crippen molar-refractivity contribution in [1.29, 1.82) is 0 Å². The molecule has 132 valence electrons. The van der Waals surface area contributed by atoms with Gasteiger partial charge in [0, 0.05) is 24.6 Å². The Morgan fingerprint density at radius 3 is 2.88 bits per heavy atom. The Balaban J connectivity index is 1.97. The molecule has 0 fully saturated rings. The number of nitrogens with zero attached hydrogens (tertiary/aromatic N) is 2. The zero-order valence-electron chi connectivity index (χ0n) is 13.9. The molecule has 7 heteroatoms. The number of thioether (sulfide) groups is 1. The van der Waals surface area contributed by atoms with Crippen molar-refractivity contribution in [3.8, 4) is 5.75 Å². The highest BCUT2D eigenvalue weighted by molar-refractivity contribution is 8.15. The van der Waals surface area contributed by atoms with Crippen LogP contribution in [0.25, 0.3) is 0 Å². The maximum atomic E-state index is 14.2. The molecule has 1 unspecified atom stereocenters. The topological polar surface area (TPSA) is 24.8 Å². The first-order valence-electron chi connectivity index (χ1n) is 7.67. The quantitative estimate of drug-likeness (QED) is 0.701. The third kappa shape index (κ3) is 3.20. The predicted octanol–water partition coefficient (Wildman–Crippen LogP) is 5.04. The van der Waals surface area contributed by atoms with E-state index in [4.69, 9.17) is 4.74 Å². The van der Waals surface area contributed by atoms with Gasteiger partial charge in [0.2, 0.25) is 0 Å². The van der Waals surface area contributed by atoms with Crippen LogP contribution in [0.3, 0.4) is 0 Å². The lowest BCUT2D eigenvalue weighted by Crippen LogP contribution is -2.39. The number of hydrazone groups is 1. The lowest BCUT2D eigenvalue weighted by molar-refractivity contribution is 0.149. The average Bonchev–Trinajstić information content (AvgIpc) is 2.90. The monoisotopic (exact) mass is 366 g/mol. The molecular weight excluding hydrogens is 349 g/mol. The van der Waals surface area contributed by atoms with Gasteiger partial charge in [-0.2, -0.15) is 5.10 Å². The van der Waals surface area contributed by atoms with E-state index in [1.165, 1.54) is 23.9 Å². The van der Waals surface area contributed by atoms with E-state index >= 15 is 0 Å². The Bertz CT molecular complexity index is 819. The summed E-state index contributed by atoms with van der Waals surface area (Å²) < 4.78 is 46.3. The molecule has 0 radical (unpaired) electrons. The smallest absolute Gasteiger partial charge is 0.140 e. The van der Waals surface area contributed by atoms with E-state index in [-0.39, 0.29) is 11.4 Å². The van der Waals surface area contributed by atoms with Crippen LogP contribution in [0, 0.1) is 5.82 Å². The third-order valence-electron chi connectivity index (χ3n) is 4.18. The molecular formula is C18H17F3N2OS. The highest BCUT2D eigenvalue weighted by Crippen LogP contribution is 2.53. The standard InChI is InChI=1S/C18H17F3N2OS/c1-11(19)4-6-15(21)12(2)17-22-23(3)18(25-17)8-9-24-16-7-5-13(20)10-14(16)18/h4-7,10H,1,8-9H2,2-3H3/b6-4-,15-12-. The SMILES string of the molecule is C=C(F)/C=C\C(F)=C(/C)C1=NN(C)C2(CCOc3ccc(F)cc32)S1. The first-order valence-corrected chi connectivity index (χ1v) is 8.48. The van der Waals surface area contributed by atoms with Crippen LogP contribution in [-0.4, -0.2) is 23.7 Å². The summed E-state index contributed by atoms with van der Waals surface area (Å²) in [6, 6.07) is 4.37. The molecule has 25 heavy (non-hydrogen) atoms. The zero-order chi connectivity index (χ0) is 18.2. The fraction of sp³-hybridized carbons (Fsp3) is 0.278. The van der Waals surface area contributed by atoms with Crippen LogP contribution in [0.15, 0.2) is 59.3 Å². The Kier molecular flexibility index (Phi) is 4.69. The van der Waals surface area contributed by atoms with Gasteiger partial charge in [0.15, 0.2) is 0 Å². The fourth-order valence-corrected chi connectivity index (χ4v) is 4.18. The molecule has 0 aromatic heterocycles. The molecule has 3 rings (SSSR count). The van der Waals surface area contributed by atoms with Crippen LogP contribution in [0.4, 0.5) is 13.2 Å². The van der Waals surface area contributed by atoms with Gasteiger partial charge in [0.05, 0.1) is 6.61 Å². The van der Waals surface area contributed by atoms with E-state index in [1.54, 1.807) is 25.0 Å². The van der Waals surface area contributed by atoms with Gasteiger partial charge >= 0.3 is 0 Å². The summed E-state index contributed by atoms with van der Waals surface area (Å²) in [7, 11) is 1.77. The number of hydrogen-bond acceptors (Lipinski definition) is 4. The lowest BCUT2D eigenvalue weighted by Gasteiger charge is -2.39. The molecule has 0 saturated carbocycles. The molecule has 3 nitrogen and oxygen atoms in total. The number of hydrogen-bond donors (Lipinski definition) is 0. The summed E-state index contributed by atoms with van der Waals surface area (Å²) in [4.78, 5) is -0.653. The number of benzene rings is 1. The van der Waals surface area contributed by atoms with Crippen molar-refractivity contribution in [2.45, 2.75) is 18.2 Å². The maximum absolute atomic E-state index is 14.2. The van der Waals surface area contributed by atoms with Crippen LogP contribution >= 0.6 is 11.8 Å². The molecule has 0 N–H and O–H groups in total. The molecule has 0 aliphatic carbocycles. The molecule has 1 aromatic rings. The van der Waals surface area contributed by atoms with Gasteiger partial charge in [-0.25, -0.2) is 13.2 Å². The van der Waals surface area contributed by atoms with Crippen LogP contribution in [0.5, 0.6) is 5.75 Å². The maximum Gasteiger partial charge on any atom is 0.140 e. The molecule has 1 spiro atoms. The van der Waals surface area contributed by atoms with Crippen molar-refractivity contribution in [2.75, 3.05) is 13.7 Å². The second-order valence-corrected chi connectivity index (χ2v) is 7.07. The summed E-state index contributed by atoms with van der Waals surface area (Å²) in [6.07, 6.45) is 2.55. The van der Waals surface area contributed by atoms with Crippen molar-refractivity contribution in [3.05, 3.63) is 65.5 Å². The van der Waals surface area contributed by atoms with Gasteiger partial charge < -0.3 is 4.74 Å². The molecule has 1 atom stereocenters. The fourth-order valence-electron chi connectivity index (χ4n) is 2.82. The van der Waals surface area contributed by atoms with Crippen molar-refractivity contribution in [2.24, 2.45) is 5.10 Å². The molecule has 2 aliphatic heterocycles. The first-order chi connectivity index (χ1) is 11.8. The van der Waals surface area contributed by atoms with E-state index in [9.17, 15) is 13.2 Å². The van der Waals surface area contributed by atoms with Gasteiger partial charge in [-0.3, -0.25) is 5.01 Å². The largest absolute Gasteiger partial charge is 0.493 e. The summed E-state index contributed by atoms with van der Waals surface area (Å²) in [5.74, 6) is -1.10. The predicted molar refractivity (Wildman–Crippen MR) is 94.2 cm³/mol. The van der Waals surface area contributed by atoms with E-state index in [2.05, 4.69) is 11.7 Å². The second-order valence-electron chi connectivity index (χ2n) is 5.81. The molecule has 0 saturated heterocycles. The Morgan fingerprint density at radius 2 is 2.16 bits per heavy atom. The van der Waals surface area contributed by atoms with Gasteiger partial charge in [0.1, 0.15) is 33.1 Å². The average molecular weight is 366 g/mol. The van der Waals surface area contributed by atoms with Crippen molar-refractivity contribution in [3.63, 3.8) is 0 Å². The minimum Gasteiger partial charge on any atom is -0.493 e. The molecule has 2 aliphatic rings. The highest BCUT2D eigenvalue weighted by Gasteiger charge is 2.47. The van der Waals surface area contributed by atoms with Crippen LogP contribution in [0.2, 0.25) is 0 Å². The van der Waals surface area contributed by atoms with E-state index in [1.807, 2.05) is 0 Å². The summed E-state index contributed by atoms with van der Waals surface area (Å²) >= 11 is 1.35. The van der Waals surface area contributed by atoms with Crippen LogP contribution in [0.1, 0.15) is 18.9 Å². The third-order valence-corrected chi connectivity index (χ3v) is 5.79. The number of allylic oxidation sites excluding steroid dienone is 4. The van der Waals surface area contributed by atoms with E-state index < -0.39 is 16.5 Å². The molecule has 0 bridgehead atoms. The van der Waals surface area contributed by atoms with E-state index in [0.29, 0.717) is 29.4 Å². The normalized spacial score (nSPS) is 23.4. The number of rotatable bonds is 3. The highest BCUT2D eigenvalue weighted by atomic mass is 32.2. The van der Waals surface area contributed by atoms with Gasteiger partial charge in [-0.05, 0) is 37.3 Å². The lowest BCUT2D eigenvalue weighted by atomic mass is 9.99. The zero-order valence-corrected chi connectivity index (χ0v) is 14.7. The second kappa shape index (κ2) is 6.63. The summed E-state index contributed by atoms with van der Waals surface area (Å²) in [5, 5.41) is 6.60. The summed E-state index contributed by atoms with van der Waals surface area (Å²) in [6.45, 7) is 5.09. The van der Waals surface area contributed by atoms with E-state index in [0.717, 1.165) is 12.2 Å². The molecule has 1 aromatic carbocycles. The number of fused-ring (bicyclic) bond motifs is 2. The summed E-state index contributed by atoms with van der Waals surface area (Å²) in [5.41, 5.74) is 0.960. The van der Waals surface area contributed by atoms with Crippen molar-refractivity contribution >= 4 is 16.8 Å². The Hall–Kier alpha value is -2.15. The van der Waals surface area contributed by atoms with Crippen LogP contribution in [-0.2, 0) is 4.87 Å². The Morgan fingerprint density at radius 1 is 1.40 bits per heavy atom. The van der Waals surface area contributed by atoms with Crippen molar-refractivity contribution in [1.82, 2.24) is 5.01 Å². The number of halogens is 3. The molecule has 2 heterocycles. The van der Waals surface area contributed by atoms with Gasteiger partial charge in [-0.1, -0.05) is 18.3 Å². The Labute approximate surface area is 148 Å². The van der Waals surface area contributed by atoms with Crippen molar-refractivity contribution < 1.29 is 17.9 Å².